The molecule has 4 nitrogen and oxygen atoms in total. The fourth-order valence-electron chi connectivity index (χ4n) is 1.41. The van der Waals surface area contributed by atoms with Crippen LogP contribution in [-0.4, -0.2) is 9.97 Å². The minimum absolute atomic E-state index is 0. The Morgan fingerprint density at radius 2 is 1.67 bits per heavy atom. The Hall–Kier alpha value is -1.94. The molecule has 1 N–H and O–H groups in total. The average Bonchev–Trinajstić information content (AvgIpc) is 2.72. The minimum Gasteiger partial charge on any atom is -0.333 e. The number of hydrogen-bond donors (Lipinski definition) is 1. The van der Waals surface area contributed by atoms with Gasteiger partial charge in [-0.15, -0.1) is 0 Å². The Morgan fingerprint density at radius 1 is 1.11 bits per heavy atom. The number of aromatic amines is 1. The molecular formula is C10H3F3LiN4+. The predicted octanol–water partition coefficient (Wildman–Crippen LogP) is -0.671. The van der Waals surface area contributed by atoms with Crippen molar-refractivity contribution in [3.05, 3.63) is 29.1 Å². The number of imidazole rings is 1. The summed E-state index contributed by atoms with van der Waals surface area (Å²) in [4.78, 5) is 5.33. The van der Waals surface area contributed by atoms with Gasteiger partial charge in [0.2, 0.25) is 5.82 Å². The summed E-state index contributed by atoms with van der Waals surface area (Å²) in [5, 5.41) is 17.5. The molecule has 0 radical (unpaired) electrons. The summed E-state index contributed by atoms with van der Waals surface area (Å²) < 4.78 is 37.3. The van der Waals surface area contributed by atoms with Crippen molar-refractivity contribution in [1.29, 1.82) is 10.5 Å². The first-order chi connectivity index (χ1) is 7.97. The number of rotatable bonds is 0. The van der Waals surface area contributed by atoms with E-state index in [1.807, 2.05) is 4.98 Å². The summed E-state index contributed by atoms with van der Waals surface area (Å²) in [5.41, 5.74) is -0.203. The van der Waals surface area contributed by atoms with Crippen molar-refractivity contribution in [2.45, 2.75) is 6.18 Å². The van der Waals surface area contributed by atoms with Gasteiger partial charge in [0.1, 0.15) is 17.7 Å². The normalized spacial score (nSPS) is 10.5. The summed E-state index contributed by atoms with van der Waals surface area (Å²) in [6, 6.07) is 6.01. The van der Waals surface area contributed by atoms with Crippen LogP contribution in [0.1, 0.15) is 17.0 Å². The average molecular weight is 243 g/mol. The monoisotopic (exact) mass is 243 g/mol. The van der Waals surface area contributed by atoms with Crippen LogP contribution in [-0.2, 0) is 6.18 Å². The SMILES string of the molecule is N#Cc1ccc(C#N)c2[nH]c(C(F)(F)F)nc12.[Li+]. The summed E-state index contributed by atoms with van der Waals surface area (Å²) in [6.45, 7) is 0. The van der Waals surface area contributed by atoms with E-state index in [2.05, 4.69) is 4.98 Å². The first-order valence-electron chi connectivity index (χ1n) is 4.37. The molecule has 0 aliphatic rings. The zero-order valence-corrected chi connectivity index (χ0v) is 9.13. The van der Waals surface area contributed by atoms with Crippen LogP contribution in [0.15, 0.2) is 12.1 Å². The van der Waals surface area contributed by atoms with Crippen molar-refractivity contribution in [2.24, 2.45) is 0 Å². The minimum atomic E-state index is -4.64. The van der Waals surface area contributed by atoms with Crippen LogP contribution in [0.4, 0.5) is 13.2 Å². The molecule has 0 bridgehead atoms. The molecule has 0 spiro atoms. The first kappa shape index (κ1) is 14.1. The number of H-pyrrole nitrogens is 1. The molecule has 0 amide bonds. The zero-order chi connectivity index (χ0) is 12.6. The standard InChI is InChI=1S/C10H3F3N4.Li/c11-10(12,13)9-16-7-5(3-14)1-2-6(4-15)8(7)17-9;/h1-2H,(H,16,17);/q;+1. The molecular weight excluding hydrogens is 240 g/mol. The van der Waals surface area contributed by atoms with Gasteiger partial charge >= 0.3 is 25.0 Å². The molecule has 0 saturated heterocycles. The molecule has 1 aromatic heterocycles. The molecule has 1 heterocycles. The summed E-state index contributed by atoms with van der Waals surface area (Å²) >= 11 is 0. The summed E-state index contributed by atoms with van der Waals surface area (Å²) in [7, 11) is 0. The first-order valence-corrected chi connectivity index (χ1v) is 4.37. The van der Waals surface area contributed by atoms with Crippen molar-refractivity contribution >= 4 is 11.0 Å². The van der Waals surface area contributed by atoms with Crippen LogP contribution in [0.5, 0.6) is 0 Å². The Bertz CT molecular complexity index is 624. The van der Waals surface area contributed by atoms with Gasteiger partial charge in [-0.2, -0.15) is 23.7 Å². The van der Waals surface area contributed by atoms with Gasteiger partial charge in [-0.1, -0.05) is 0 Å². The molecule has 18 heavy (non-hydrogen) atoms. The smallest absolute Gasteiger partial charge is 0.333 e. The number of alkyl halides is 3. The van der Waals surface area contributed by atoms with Gasteiger partial charge in [0, 0.05) is 0 Å². The Kier molecular flexibility index (Phi) is 3.72. The Morgan fingerprint density at radius 3 is 2.17 bits per heavy atom. The van der Waals surface area contributed by atoms with Crippen LogP contribution in [0.2, 0.25) is 0 Å². The Labute approximate surface area is 111 Å². The van der Waals surface area contributed by atoms with Gasteiger partial charge < -0.3 is 4.98 Å². The van der Waals surface area contributed by atoms with Gasteiger partial charge in [-0.05, 0) is 12.1 Å². The van der Waals surface area contributed by atoms with Crippen LogP contribution in [0, 0.1) is 22.7 Å². The van der Waals surface area contributed by atoms with Gasteiger partial charge in [-0.3, -0.25) is 0 Å². The predicted molar refractivity (Wildman–Crippen MR) is 50.5 cm³/mol. The third-order valence-electron chi connectivity index (χ3n) is 2.15. The fraction of sp³-hybridized carbons (Fsp3) is 0.100. The zero-order valence-electron chi connectivity index (χ0n) is 9.13. The Balaban J connectivity index is 0.00000162. The second-order valence-electron chi connectivity index (χ2n) is 3.19. The number of hydrogen-bond acceptors (Lipinski definition) is 3. The van der Waals surface area contributed by atoms with Gasteiger partial charge in [0.15, 0.2) is 0 Å². The van der Waals surface area contributed by atoms with Crippen molar-refractivity contribution < 1.29 is 32.0 Å². The van der Waals surface area contributed by atoms with Crippen molar-refractivity contribution in [3.8, 4) is 12.1 Å². The topological polar surface area (TPSA) is 76.3 Å². The van der Waals surface area contributed by atoms with Gasteiger partial charge in [0.25, 0.3) is 0 Å². The second kappa shape index (κ2) is 4.74. The van der Waals surface area contributed by atoms with Crippen molar-refractivity contribution in [3.63, 3.8) is 0 Å². The molecule has 0 atom stereocenters. The van der Waals surface area contributed by atoms with E-state index in [1.165, 1.54) is 12.1 Å². The van der Waals surface area contributed by atoms with E-state index in [1.54, 1.807) is 12.1 Å². The van der Waals surface area contributed by atoms with E-state index in [-0.39, 0.29) is 41.0 Å². The third kappa shape index (κ3) is 2.19. The molecule has 0 saturated carbocycles. The van der Waals surface area contributed by atoms with E-state index < -0.39 is 12.0 Å². The molecule has 0 aliphatic carbocycles. The maximum atomic E-state index is 12.4. The third-order valence-corrected chi connectivity index (χ3v) is 2.15. The van der Waals surface area contributed by atoms with Crippen molar-refractivity contribution in [1.82, 2.24) is 9.97 Å². The maximum Gasteiger partial charge on any atom is 1.00 e. The van der Waals surface area contributed by atoms with Gasteiger partial charge in [0.05, 0.1) is 16.6 Å². The largest absolute Gasteiger partial charge is 1.00 e. The van der Waals surface area contributed by atoms with Crippen LogP contribution < -0.4 is 18.9 Å². The van der Waals surface area contributed by atoms with Gasteiger partial charge in [-0.25, -0.2) is 4.98 Å². The number of nitrogens with zero attached hydrogens (tertiary/aromatic N) is 3. The molecule has 8 heteroatoms. The number of halogens is 3. The van der Waals surface area contributed by atoms with E-state index in [0.717, 1.165) is 0 Å². The molecule has 0 fully saturated rings. The summed E-state index contributed by atoms with van der Waals surface area (Å²) in [5.74, 6) is -1.22. The number of aromatic nitrogens is 2. The molecule has 1 aromatic carbocycles. The molecule has 2 aromatic rings. The fourth-order valence-corrected chi connectivity index (χ4v) is 1.41. The van der Waals surface area contributed by atoms with Crippen LogP contribution >= 0.6 is 0 Å². The summed E-state index contributed by atoms with van der Waals surface area (Å²) in [6.07, 6.45) is -4.64. The number of fused-ring (bicyclic) bond motifs is 1. The van der Waals surface area contributed by atoms with Crippen molar-refractivity contribution in [2.75, 3.05) is 0 Å². The van der Waals surface area contributed by atoms with E-state index in [9.17, 15) is 13.2 Å². The number of benzene rings is 1. The second-order valence-corrected chi connectivity index (χ2v) is 3.19. The van der Waals surface area contributed by atoms with E-state index >= 15 is 0 Å². The maximum absolute atomic E-state index is 12.4. The quantitative estimate of drug-likeness (QED) is 0.623. The molecule has 2 rings (SSSR count). The molecule has 0 unspecified atom stereocenters. The van der Waals surface area contributed by atoms with Crippen LogP contribution in [0.25, 0.3) is 11.0 Å². The molecule has 0 aliphatic heterocycles. The van der Waals surface area contributed by atoms with Crippen LogP contribution in [0.3, 0.4) is 0 Å². The van der Waals surface area contributed by atoms with E-state index in [0.29, 0.717) is 0 Å². The number of nitrogens with one attached hydrogen (secondary N) is 1. The number of nitriles is 2. The molecule has 84 valence electrons. The van der Waals surface area contributed by atoms with E-state index in [4.69, 9.17) is 10.5 Å².